The summed E-state index contributed by atoms with van der Waals surface area (Å²) in [5.41, 5.74) is 0.521. The Morgan fingerprint density at radius 2 is 1.96 bits per heavy atom. The van der Waals surface area contributed by atoms with Crippen molar-refractivity contribution in [1.82, 2.24) is 15.5 Å². The molecule has 0 saturated carbocycles. The summed E-state index contributed by atoms with van der Waals surface area (Å²) in [6.45, 7) is 7.13. The number of carbonyl (C=O) groups excluding carboxylic acids is 2. The van der Waals surface area contributed by atoms with Crippen LogP contribution < -0.4 is 10.6 Å². The lowest BCUT2D eigenvalue weighted by Crippen LogP contribution is -2.50. The summed E-state index contributed by atoms with van der Waals surface area (Å²) in [4.78, 5) is 27.3. The monoisotopic (exact) mass is 357 g/mol. The van der Waals surface area contributed by atoms with Crippen LogP contribution in [-0.4, -0.2) is 48.9 Å². The predicted molar refractivity (Wildman–Crippen MR) is 103 cm³/mol. The Balaban J connectivity index is 1.55. The van der Waals surface area contributed by atoms with Gasteiger partial charge in [0.2, 0.25) is 11.8 Å². The number of hydrogen-bond acceptors (Lipinski definition) is 3. The molecule has 0 bridgehead atoms. The van der Waals surface area contributed by atoms with E-state index < -0.39 is 5.41 Å². The second-order valence-corrected chi connectivity index (χ2v) is 8.14. The number of likely N-dealkylation sites (tertiary alicyclic amines) is 1. The quantitative estimate of drug-likeness (QED) is 0.848. The van der Waals surface area contributed by atoms with E-state index in [9.17, 15) is 9.59 Å². The molecule has 2 amide bonds. The molecule has 2 fully saturated rings. The van der Waals surface area contributed by atoms with Gasteiger partial charge in [0.25, 0.3) is 0 Å². The lowest BCUT2D eigenvalue weighted by Gasteiger charge is -2.38. The Kier molecular flexibility index (Phi) is 5.97. The average Bonchev–Trinajstić information content (AvgIpc) is 3.21. The minimum Gasteiger partial charge on any atom is -0.354 e. The van der Waals surface area contributed by atoms with Crippen LogP contribution in [0.15, 0.2) is 30.3 Å². The number of piperidine rings is 1. The summed E-state index contributed by atoms with van der Waals surface area (Å²) >= 11 is 0. The van der Waals surface area contributed by atoms with Crippen molar-refractivity contribution < 1.29 is 9.59 Å². The Hall–Kier alpha value is -1.88. The van der Waals surface area contributed by atoms with Crippen molar-refractivity contribution in [3.63, 3.8) is 0 Å². The second kappa shape index (κ2) is 8.21. The maximum absolute atomic E-state index is 13.1. The van der Waals surface area contributed by atoms with Crippen LogP contribution in [0, 0.1) is 5.92 Å². The van der Waals surface area contributed by atoms with Crippen LogP contribution in [0.25, 0.3) is 0 Å². The van der Waals surface area contributed by atoms with E-state index in [-0.39, 0.29) is 17.9 Å². The zero-order valence-corrected chi connectivity index (χ0v) is 16.0. The first-order valence-electron chi connectivity index (χ1n) is 9.84. The van der Waals surface area contributed by atoms with Crippen LogP contribution in [0.3, 0.4) is 0 Å². The molecule has 2 unspecified atom stereocenters. The van der Waals surface area contributed by atoms with E-state index >= 15 is 0 Å². The molecular formula is C21H31N3O2. The van der Waals surface area contributed by atoms with E-state index in [0.717, 1.165) is 50.9 Å². The van der Waals surface area contributed by atoms with Crippen LogP contribution >= 0.6 is 0 Å². The first-order valence-corrected chi connectivity index (χ1v) is 9.84. The highest BCUT2D eigenvalue weighted by molar-refractivity contribution is 5.87. The predicted octanol–water partition coefficient (Wildman–Crippen LogP) is 2.07. The first-order chi connectivity index (χ1) is 12.5. The van der Waals surface area contributed by atoms with E-state index in [4.69, 9.17) is 0 Å². The number of benzene rings is 1. The maximum atomic E-state index is 13.1. The molecule has 2 aliphatic rings. The Labute approximate surface area is 156 Å². The molecule has 26 heavy (non-hydrogen) atoms. The van der Waals surface area contributed by atoms with Gasteiger partial charge >= 0.3 is 0 Å². The van der Waals surface area contributed by atoms with Gasteiger partial charge in [0.1, 0.15) is 0 Å². The van der Waals surface area contributed by atoms with Gasteiger partial charge in [-0.25, -0.2) is 0 Å². The molecule has 5 nitrogen and oxygen atoms in total. The van der Waals surface area contributed by atoms with Crippen molar-refractivity contribution in [3.8, 4) is 0 Å². The summed E-state index contributed by atoms with van der Waals surface area (Å²) in [7, 11) is 0. The molecule has 3 rings (SSSR count). The van der Waals surface area contributed by atoms with Crippen LogP contribution in [0.5, 0.6) is 0 Å². The minimum atomic E-state index is -0.528. The maximum Gasteiger partial charge on any atom is 0.237 e. The fraction of sp³-hybridized carbons (Fsp3) is 0.619. The van der Waals surface area contributed by atoms with Gasteiger partial charge < -0.3 is 15.5 Å². The largest absolute Gasteiger partial charge is 0.354 e. The number of nitrogens with one attached hydrogen (secondary N) is 2. The molecular weight excluding hydrogens is 326 g/mol. The Morgan fingerprint density at radius 1 is 1.19 bits per heavy atom. The van der Waals surface area contributed by atoms with Gasteiger partial charge in [-0.2, -0.15) is 0 Å². The SMILES string of the molecule is CC(C)(C(=O)N1CCCC(CNC(=O)C2CCCN2)C1)c1ccccc1. The summed E-state index contributed by atoms with van der Waals surface area (Å²) in [5, 5.41) is 6.32. The molecule has 0 spiro atoms. The molecule has 0 aromatic heterocycles. The van der Waals surface area contributed by atoms with Gasteiger partial charge in [-0.15, -0.1) is 0 Å². The van der Waals surface area contributed by atoms with Crippen molar-refractivity contribution >= 4 is 11.8 Å². The van der Waals surface area contributed by atoms with Crippen molar-refractivity contribution in [2.24, 2.45) is 5.92 Å². The number of amides is 2. The highest BCUT2D eigenvalue weighted by atomic mass is 16.2. The topological polar surface area (TPSA) is 61.4 Å². The van der Waals surface area contributed by atoms with Crippen molar-refractivity contribution in [1.29, 1.82) is 0 Å². The number of carbonyl (C=O) groups is 2. The van der Waals surface area contributed by atoms with Gasteiger partial charge in [-0.3, -0.25) is 9.59 Å². The molecule has 1 aromatic carbocycles. The number of hydrogen-bond donors (Lipinski definition) is 2. The molecule has 2 heterocycles. The highest BCUT2D eigenvalue weighted by Crippen LogP contribution is 2.28. The summed E-state index contributed by atoms with van der Waals surface area (Å²) in [6.07, 6.45) is 4.05. The molecule has 0 radical (unpaired) electrons. The first kappa shape index (κ1) is 18.9. The van der Waals surface area contributed by atoms with Gasteiger partial charge in [-0.05, 0) is 57.6 Å². The lowest BCUT2D eigenvalue weighted by molar-refractivity contribution is -0.138. The summed E-state index contributed by atoms with van der Waals surface area (Å²) in [6, 6.07) is 9.95. The third-order valence-electron chi connectivity index (χ3n) is 5.78. The molecule has 2 N–H and O–H groups in total. The molecule has 142 valence electrons. The summed E-state index contributed by atoms with van der Waals surface area (Å²) < 4.78 is 0. The second-order valence-electron chi connectivity index (χ2n) is 8.14. The van der Waals surface area contributed by atoms with E-state index in [1.165, 1.54) is 0 Å². The standard InChI is InChI=1S/C21H31N3O2/c1-21(2,17-9-4-3-5-10-17)20(26)24-13-7-8-16(15-24)14-23-19(25)18-11-6-12-22-18/h3-5,9-10,16,18,22H,6-8,11-15H2,1-2H3,(H,23,25). The van der Waals surface area contributed by atoms with Gasteiger partial charge in [0, 0.05) is 19.6 Å². The number of rotatable bonds is 5. The third kappa shape index (κ3) is 4.26. The van der Waals surface area contributed by atoms with E-state index in [1.54, 1.807) is 0 Å². The van der Waals surface area contributed by atoms with E-state index in [0.29, 0.717) is 12.5 Å². The van der Waals surface area contributed by atoms with E-state index in [1.807, 2.05) is 49.1 Å². The minimum absolute atomic E-state index is 0.0339. The Morgan fingerprint density at radius 3 is 2.65 bits per heavy atom. The third-order valence-corrected chi connectivity index (χ3v) is 5.78. The zero-order valence-electron chi connectivity index (χ0n) is 16.0. The lowest BCUT2D eigenvalue weighted by atomic mass is 9.82. The molecule has 2 aliphatic heterocycles. The number of nitrogens with zero attached hydrogens (tertiary/aromatic N) is 1. The molecule has 2 saturated heterocycles. The average molecular weight is 357 g/mol. The van der Waals surface area contributed by atoms with Gasteiger partial charge in [0.15, 0.2) is 0 Å². The summed E-state index contributed by atoms with van der Waals surface area (Å²) in [5.74, 6) is 0.623. The van der Waals surface area contributed by atoms with Crippen molar-refractivity contribution in [3.05, 3.63) is 35.9 Å². The van der Waals surface area contributed by atoms with Crippen LogP contribution in [-0.2, 0) is 15.0 Å². The van der Waals surface area contributed by atoms with Gasteiger partial charge in [-0.1, -0.05) is 30.3 Å². The van der Waals surface area contributed by atoms with Crippen molar-refractivity contribution in [2.45, 2.75) is 51.0 Å². The fourth-order valence-corrected chi connectivity index (χ4v) is 4.07. The Bertz CT molecular complexity index is 623. The smallest absolute Gasteiger partial charge is 0.237 e. The normalized spacial score (nSPS) is 23.7. The van der Waals surface area contributed by atoms with Crippen LogP contribution in [0.2, 0.25) is 0 Å². The van der Waals surface area contributed by atoms with Crippen LogP contribution in [0.4, 0.5) is 0 Å². The zero-order chi connectivity index (χ0) is 18.6. The highest BCUT2D eigenvalue weighted by Gasteiger charge is 2.36. The fourth-order valence-electron chi connectivity index (χ4n) is 4.07. The molecule has 1 aromatic rings. The molecule has 0 aliphatic carbocycles. The van der Waals surface area contributed by atoms with Crippen molar-refractivity contribution in [2.75, 3.05) is 26.2 Å². The van der Waals surface area contributed by atoms with Gasteiger partial charge in [0.05, 0.1) is 11.5 Å². The molecule has 2 atom stereocenters. The van der Waals surface area contributed by atoms with Crippen LogP contribution in [0.1, 0.15) is 45.1 Å². The van der Waals surface area contributed by atoms with E-state index in [2.05, 4.69) is 10.6 Å². The molecule has 5 heteroatoms.